The van der Waals surface area contributed by atoms with Crippen molar-refractivity contribution in [3.05, 3.63) is 54.1 Å². The Bertz CT molecular complexity index is 956. The first kappa shape index (κ1) is 19.2. The Morgan fingerprint density at radius 1 is 1.04 bits per heavy atom. The van der Waals surface area contributed by atoms with Crippen LogP contribution in [0.15, 0.2) is 47.4 Å². The third-order valence-corrected chi connectivity index (χ3v) is 5.93. The zero-order valence-electron chi connectivity index (χ0n) is 14.3. The third-order valence-electron chi connectivity index (χ3n) is 4.55. The normalized spacial score (nSPS) is 16.1. The lowest BCUT2D eigenvalue weighted by atomic mass is 9.98. The highest BCUT2D eigenvalue weighted by molar-refractivity contribution is 7.92. The van der Waals surface area contributed by atoms with Gasteiger partial charge in [-0.25, -0.2) is 17.2 Å². The highest BCUT2D eigenvalue weighted by Gasteiger charge is 2.36. The summed E-state index contributed by atoms with van der Waals surface area (Å²) < 4.78 is 53.4. The molecule has 27 heavy (non-hydrogen) atoms. The number of hydrogen-bond donors (Lipinski definition) is 3. The fourth-order valence-electron chi connectivity index (χ4n) is 2.98. The van der Waals surface area contributed by atoms with Crippen molar-refractivity contribution in [1.29, 1.82) is 0 Å². The lowest BCUT2D eigenvalue weighted by Crippen LogP contribution is -2.48. The molecule has 144 valence electrons. The first-order valence-corrected chi connectivity index (χ1v) is 9.86. The maximum atomic E-state index is 13.7. The van der Waals surface area contributed by atoms with E-state index in [1.807, 2.05) is 0 Å². The van der Waals surface area contributed by atoms with Crippen LogP contribution in [0.2, 0.25) is 0 Å². The van der Waals surface area contributed by atoms with Gasteiger partial charge in [0.05, 0.1) is 16.1 Å². The van der Waals surface area contributed by atoms with Crippen LogP contribution in [0.1, 0.15) is 25.7 Å². The third kappa shape index (κ3) is 4.25. The monoisotopic (exact) mass is 395 g/mol. The summed E-state index contributed by atoms with van der Waals surface area (Å²) in [5.74, 6) is -2.13. The molecule has 2 aromatic rings. The van der Waals surface area contributed by atoms with Crippen molar-refractivity contribution in [2.75, 3.05) is 10.0 Å². The van der Waals surface area contributed by atoms with E-state index in [0.29, 0.717) is 24.6 Å². The molecule has 0 saturated heterocycles. The number of carbonyl (C=O) groups is 1. The Labute approximate surface area is 155 Å². The number of hydrogen-bond acceptors (Lipinski definition) is 4. The van der Waals surface area contributed by atoms with Crippen LogP contribution in [0.25, 0.3) is 0 Å². The van der Waals surface area contributed by atoms with Crippen molar-refractivity contribution in [3.63, 3.8) is 0 Å². The predicted molar refractivity (Wildman–Crippen MR) is 97.6 cm³/mol. The van der Waals surface area contributed by atoms with Crippen LogP contribution in [0.3, 0.4) is 0 Å². The van der Waals surface area contributed by atoms with Crippen molar-refractivity contribution in [1.82, 2.24) is 0 Å². The highest BCUT2D eigenvalue weighted by atomic mass is 32.2. The molecule has 0 aromatic heterocycles. The molecule has 3 rings (SSSR count). The van der Waals surface area contributed by atoms with Crippen molar-refractivity contribution in [3.8, 4) is 0 Å². The molecule has 4 N–H and O–H groups in total. The molecule has 1 aliphatic rings. The van der Waals surface area contributed by atoms with Gasteiger partial charge in [-0.2, -0.15) is 0 Å². The molecule has 0 spiro atoms. The van der Waals surface area contributed by atoms with E-state index in [2.05, 4.69) is 10.0 Å². The Balaban J connectivity index is 1.73. The molecule has 0 heterocycles. The molecule has 1 fully saturated rings. The number of amides is 1. The molecule has 0 atom stereocenters. The Morgan fingerprint density at radius 2 is 1.67 bits per heavy atom. The van der Waals surface area contributed by atoms with Crippen LogP contribution in [0.4, 0.5) is 20.2 Å². The van der Waals surface area contributed by atoms with Crippen LogP contribution in [-0.2, 0) is 14.8 Å². The standard InChI is InChI=1S/C18H19F2N3O3S/c19-12-3-8-16(15(20)11-12)23-27(25,26)14-6-4-13(5-7-14)22-17(24)18(21)9-1-2-10-18/h3-8,11,23H,1-2,9-10,21H2,(H,22,24). The number of anilines is 2. The summed E-state index contributed by atoms with van der Waals surface area (Å²) in [4.78, 5) is 12.2. The van der Waals surface area contributed by atoms with Gasteiger partial charge in [-0.3, -0.25) is 9.52 Å². The van der Waals surface area contributed by atoms with E-state index >= 15 is 0 Å². The quantitative estimate of drug-likeness (QED) is 0.724. The number of halogens is 2. The van der Waals surface area contributed by atoms with Gasteiger partial charge in [-0.05, 0) is 49.2 Å². The van der Waals surface area contributed by atoms with Gasteiger partial charge in [-0.15, -0.1) is 0 Å². The van der Waals surface area contributed by atoms with Crippen molar-refractivity contribution < 1.29 is 22.0 Å². The van der Waals surface area contributed by atoms with E-state index < -0.39 is 27.2 Å². The number of rotatable bonds is 5. The molecule has 6 nitrogen and oxygen atoms in total. The molecule has 2 aromatic carbocycles. The molecule has 0 aliphatic heterocycles. The molecule has 0 bridgehead atoms. The second-order valence-corrected chi connectivity index (χ2v) is 8.25. The van der Waals surface area contributed by atoms with Crippen molar-refractivity contribution >= 4 is 27.3 Å². The lowest BCUT2D eigenvalue weighted by Gasteiger charge is -2.22. The summed E-state index contributed by atoms with van der Waals surface area (Å²) in [6.45, 7) is 0. The van der Waals surface area contributed by atoms with Gasteiger partial charge in [0.25, 0.3) is 10.0 Å². The van der Waals surface area contributed by atoms with E-state index in [0.717, 1.165) is 25.0 Å². The first-order chi connectivity index (χ1) is 12.7. The fourth-order valence-corrected chi connectivity index (χ4v) is 4.05. The first-order valence-electron chi connectivity index (χ1n) is 8.38. The molecular weight excluding hydrogens is 376 g/mol. The number of nitrogens with two attached hydrogens (primary N) is 1. The summed E-state index contributed by atoms with van der Waals surface area (Å²) in [6.07, 6.45) is 3.01. The summed E-state index contributed by atoms with van der Waals surface area (Å²) in [7, 11) is -4.07. The zero-order chi connectivity index (χ0) is 19.7. The second kappa shape index (κ2) is 7.24. The average Bonchev–Trinajstić information content (AvgIpc) is 3.06. The predicted octanol–water partition coefficient (Wildman–Crippen LogP) is 2.98. The van der Waals surface area contributed by atoms with E-state index in [9.17, 15) is 22.0 Å². The maximum Gasteiger partial charge on any atom is 0.261 e. The van der Waals surface area contributed by atoms with E-state index in [1.54, 1.807) is 0 Å². The van der Waals surface area contributed by atoms with Crippen LogP contribution >= 0.6 is 0 Å². The van der Waals surface area contributed by atoms with Gasteiger partial charge < -0.3 is 11.1 Å². The number of nitrogens with one attached hydrogen (secondary N) is 2. The van der Waals surface area contributed by atoms with Gasteiger partial charge in [0.1, 0.15) is 11.6 Å². The number of benzene rings is 2. The molecular formula is C18H19F2N3O3S. The maximum absolute atomic E-state index is 13.7. The molecule has 1 saturated carbocycles. The van der Waals surface area contributed by atoms with E-state index in [1.165, 1.54) is 24.3 Å². The summed E-state index contributed by atoms with van der Waals surface area (Å²) in [5, 5.41) is 2.69. The Morgan fingerprint density at radius 3 is 2.26 bits per heavy atom. The summed E-state index contributed by atoms with van der Waals surface area (Å²) in [5.41, 5.74) is 5.23. The number of carbonyl (C=O) groups excluding carboxylic acids is 1. The van der Waals surface area contributed by atoms with Crippen LogP contribution in [0.5, 0.6) is 0 Å². The van der Waals surface area contributed by atoms with Crippen LogP contribution < -0.4 is 15.8 Å². The highest BCUT2D eigenvalue weighted by Crippen LogP contribution is 2.28. The van der Waals surface area contributed by atoms with Crippen LogP contribution in [-0.4, -0.2) is 19.9 Å². The largest absolute Gasteiger partial charge is 0.324 e. The Hall–Kier alpha value is -2.52. The molecule has 1 amide bonds. The Kier molecular flexibility index (Phi) is 5.16. The van der Waals surface area contributed by atoms with Gasteiger partial charge in [0, 0.05) is 11.8 Å². The van der Waals surface area contributed by atoms with E-state index in [4.69, 9.17) is 5.73 Å². The van der Waals surface area contributed by atoms with Gasteiger partial charge in [0.15, 0.2) is 0 Å². The fraction of sp³-hybridized carbons (Fsp3) is 0.278. The number of sulfonamides is 1. The SMILES string of the molecule is NC1(C(=O)Nc2ccc(S(=O)(=O)Nc3ccc(F)cc3F)cc2)CCCC1. The molecule has 1 aliphatic carbocycles. The minimum absolute atomic E-state index is 0.132. The van der Waals surface area contributed by atoms with E-state index in [-0.39, 0.29) is 16.5 Å². The van der Waals surface area contributed by atoms with Crippen LogP contribution in [0, 0.1) is 11.6 Å². The molecule has 9 heteroatoms. The van der Waals surface area contributed by atoms with Gasteiger partial charge in [0.2, 0.25) is 5.91 Å². The van der Waals surface area contributed by atoms with Gasteiger partial charge in [-0.1, -0.05) is 12.8 Å². The lowest BCUT2D eigenvalue weighted by molar-refractivity contribution is -0.121. The summed E-state index contributed by atoms with van der Waals surface area (Å²) in [6, 6.07) is 7.93. The molecule has 0 radical (unpaired) electrons. The minimum atomic E-state index is -4.07. The van der Waals surface area contributed by atoms with Crippen molar-refractivity contribution in [2.24, 2.45) is 5.73 Å². The topological polar surface area (TPSA) is 101 Å². The van der Waals surface area contributed by atoms with Crippen molar-refractivity contribution in [2.45, 2.75) is 36.1 Å². The summed E-state index contributed by atoms with van der Waals surface area (Å²) >= 11 is 0. The second-order valence-electron chi connectivity index (χ2n) is 6.57. The smallest absolute Gasteiger partial charge is 0.261 e. The zero-order valence-corrected chi connectivity index (χ0v) is 15.2. The molecule has 0 unspecified atom stereocenters. The van der Waals surface area contributed by atoms with Gasteiger partial charge >= 0.3 is 0 Å². The average molecular weight is 395 g/mol. The minimum Gasteiger partial charge on any atom is -0.324 e.